The summed E-state index contributed by atoms with van der Waals surface area (Å²) in [6, 6.07) is 0. The van der Waals surface area contributed by atoms with Crippen LogP contribution in [-0.2, 0) is 4.79 Å². The van der Waals surface area contributed by atoms with E-state index in [1.165, 1.54) is 50.5 Å². The number of allylic oxidation sites excluding steroid dienone is 4. The molecule has 0 aliphatic heterocycles. The van der Waals surface area contributed by atoms with Crippen molar-refractivity contribution in [2.75, 3.05) is 0 Å². The maximum atomic E-state index is 12.0. The van der Waals surface area contributed by atoms with E-state index in [2.05, 4.69) is 46.8 Å². The molecule has 0 saturated heterocycles. The lowest BCUT2D eigenvalue weighted by molar-refractivity contribution is -0.116. The molecular weight excluding hydrogens is 340 g/mol. The molecule has 0 radical (unpaired) electrons. The van der Waals surface area contributed by atoms with Gasteiger partial charge in [0.05, 0.1) is 0 Å². The Morgan fingerprint density at radius 1 is 1.04 bits per heavy atom. The van der Waals surface area contributed by atoms with Crippen molar-refractivity contribution < 1.29 is 4.79 Å². The second-order valence-corrected chi connectivity index (χ2v) is 11.7. The first-order valence-electron chi connectivity index (χ1n) is 12.2. The Balaban J connectivity index is 1.53. The van der Waals surface area contributed by atoms with Crippen molar-refractivity contribution in [2.45, 2.75) is 92.4 Å². The Bertz CT molecular complexity index is 670. The lowest BCUT2D eigenvalue weighted by atomic mass is 9.48. The van der Waals surface area contributed by atoms with Crippen LogP contribution in [0, 0.1) is 46.3 Å². The van der Waals surface area contributed by atoms with E-state index in [0.29, 0.717) is 11.2 Å². The molecule has 0 aromatic rings. The Hall–Kier alpha value is -0.850. The molecule has 4 aliphatic carbocycles. The van der Waals surface area contributed by atoms with Crippen molar-refractivity contribution in [1.29, 1.82) is 0 Å². The maximum absolute atomic E-state index is 12.0. The predicted octanol–water partition coefficient (Wildman–Crippen LogP) is 7.37. The number of hydrogen-bond acceptors (Lipinski definition) is 1. The van der Waals surface area contributed by atoms with Crippen molar-refractivity contribution in [3.05, 3.63) is 23.8 Å². The molecule has 0 heterocycles. The quantitative estimate of drug-likeness (QED) is 0.485. The molecule has 0 spiro atoms. The van der Waals surface area contributed by atoms with Crippen LogP contribution in [0.25, 0.3) is 0 Å². The van der Waals surface area contributed by atoms with Crippen LogP contribution in [0.15, 0.2) is 23.8 Å². The third-order valence-corrected chi connectivity index (χ3v) is 9.72. The van der Waals surface area contributed by atoms with Crippen LogP contribution < -0.4 is 0 Å². The van der Waals surface area contributed by atoms with Crippen molar-refractivity contribution in [1.82, 2.24) is 0 Å². The van der Waals surface area contributed by atoms with Gasteiger partial charge in [-0.2, -0.15) is 0 Å². The summed E-state index contributed by atoms with van der Waals surface area (Å²) < 4.78 is 0. The van der Waals surface area contributed by atoms with Crippen LogP contribution in [-0.4, -0.2) is 5.78 Å². The molecule has 28 heavy (non-hydrogen) atoms. The number of fused-ring (bicyclic) bond motifs is 5. The van der Waals surface area contributed by atoms with Gasteiger partial charge in [0.2, 0.25) is 0 Å². The van der Waals surface area contributed by atoms with E-state index in [1.807, 2.05) is 6.08 Å². The zero-order valence-corrected chi connectivity index (χ0v) is 19.0. The van der Waals surface area contributed by atoms with Crippen LogP contribution >= 0.6 is 0 Å². The highest BCUT2D eigenvalue weighted by atomic mass is 16.1. The van der Waals surface area contributed by atoms with Gasteiger partial charge >= 0.3 is 0 Å². The SMILES string of the molecule is CC(C)CCCC(C)[C@H]1CCC2C3C=CC4=CC(=O)CCC4(C)C3CCC21C. The van der Waals surface area contributed by atoms with Gasteiger partial charge in [0.15, 0.2) is 5.78 Å². The van der Waals surface area contributed by atoms with Gasteiger partial charge in [-0.25, -0.2) is 0 Å². The van der Waals surface area contributed by atoms with Crippen LogP contribution in [0.4, 0.5) is 0 Å². The molecule has 0 aromatic heterocycles. The van der Waals surface area contributed by atoms with Crippen molar-refractivity contribution in [3.8, 4) is 0 Å². The topological polar surface area (TPSA) is 17.1 Å². The molecule has 0 N–H and O–H groups in total. The normalized spacial score (nSPS) is 43.4. The van der Waals surface area contributed by atoms with Gasteiger partial charge in [-0.05, 0) is 90.1 Å². The summed E-state index contributed by atoms with van der Waals surface area (Å²) >= 11 is 0. The number of carbonyl (C=O) groups is 1. The predicted molar refractivity (Wildman–Crippen MR) is 118 cm³/mol. The Labute approximate surface area is 173 Å². The van der Waals surface area contributed by atoms with Crippen LogP contribution in [0.5, 0.6) is 0 Å². The number of hydrogen-bond donors (Lipinski definition) is 0. The fourth-order valence-corrected chi connectivity index (χ4v) is 8.02. The van der Waals surface area contributed by atoms with Gasteiger partial charge in [-0.15, -0.1) is 0 Å². The van der Waals surface area contributed by atoms with Gasteiger partial charge in [-0.3, -0.25) is 4.79 Å². The molecule has 7 atom stereocenters. The van der Waals surface area contributed by atoms with Crippen LogP contribution in [0.3, 0.4) is 0 Å². The first-order valence-corrected chi connectivity index (χ1v) is 12.2. The van der Waals surface area contributed by atoms with E-state index in [1.54, 1.807) is 0 Å². The minimum Gasteiger partial charge on any atom is -0.295 e. The highest BCUT2D eigenvalue weighted by molar-refractivity contribution is 5.92. The maximum Gasteiger partial charge on any atom is 0.156 e. The minimum atomic E-state index is 0.246. The van der Waals surface area contributed by atoms with E-state index >= 15 is 0 Å². The summed E-state index contributed by atoms with van der Waals surface area (Å²) in [5.74, 6) is 5.32. The zero-order valence-electron chi connectivity index (χ0n) is 19.0. The molecule has 1 heteroatoms. The third-order valence-electron chi connectivity index (χ3n) is 9.72. The summed E-state index contributed by atoms with van der Waals surface area (Å²) in [6.07, 6.45) is 18.5. The Kier molecular flexibility index (Phi) is 5.43. The molecule has 4 rings (SSSR count). The first-order chi connectivity index (χ1) is 13.3. The molecule has 0 amide bonds. The fraction of sp³-hybridized carbons (Fsp3) is 0.815. The smallest absolute Gasteiger partial charge is 0.156 e. The van der Waals surface area contributed by atoms with Crippen LogP contribution in [0.2, 0.25) is 0 Å². The molecule has 156 valence electrons. The number of ketones is 1. The van der Waals surface area contributed by atoms with E-state index < -0.39 is 0 Å². The van der Waals surface area contributed by atoms with Gasteiger partial charge in [0.1, 0.15) is 0 Å². The number of carbonyl (C=O) groups excluding carboxylic acids is 1. The monoisotopic (exact) mass is 382 g/mol. The highest BCUT2D eigenvalue weighted by Crippen LogP contribution is 2.66. The zero-order chi connectivity index (χ0) is 20.1. The van der Waals surface area contributed by atoms with E-state index in [9.17, 15) is 4.79 Å². The van der Waals surface area contributed by atoms with Gasteiger partial charge in [0.25, 0.3) is 0 Å². The van der Waals surface area contributed by atoms with Gasteiger partial charge < -0.3 is 0 Å². The molecule has 2 saturated carbocycles. The molecular formula is C27H42O. The third kappa shape index (κ3) is 3.25. The second kappa shape index (κ2) is 7.44. The summed E-state index contributed by atoms with van der Waals surface area (Å²) in [5, 5.41) is 0. The standard InChI is InChI=1S/C27H42O/c1-18(2)7-6-8-19(3)23-11-12-24-22-10-9-20-17-21(28)13-15-26(20,4)25(22)14-16-27(23,24)5/h9-10,17-19,22-25H,6-8,11-16H2,1-5H3/t19?,22?,23-,24?,25?,26?,27?/m1/s1. The molecule has 1 nitrogen and oxygen atoms in total. The fourth-order valence-electron chi connectivity index (χ4n) is 8.02. The average molecular weight is 383 g/mol. The molecule has 2 fully saturated rings. The molecule has 0 bridgehead atoms. The number of rotatable bonds is 5. The lowest BCUT2D eigenvalue weighted by Gasteiger charge is -2.56. The van der Waals surface area contributed by atoms with Crippen LogP contribution in [0.1, 0.15) is 92.4 Å². The Morgan fingerprint density at radius 3 is 2.57 bits per heavy atom. The van der Waals surface area contributed by atoms with Crippen molar-refractivity contribution >= 4 is 5.78 Å². The summed E-state index contributed by atoms with van der Waals surface area (Å²) in [7, 11) is 0. The highest BCUT2D eigenvalue weighted by Gasteiger charge is 2.58. The average Bonchev–Trinajstić information content (AvgIpc) is 2.99. The van der Waals surface area contributed by atoms with E-state index in [0.717, 1.165) is 48.3 Å². The summed E-state index contributed by atoms with van der Waals surface area (Å²) in [6.45, 7) is 12.4. The summed E-state index contributed by atoms with van der Waals surface area (Å²) in [5.41, 5.74) is 2.12. The minimum absolute atomic E-state index is 0.246. The van der Waals surface area contributed by atoms with E-state index in [-0.39, 0.29) is 5.41 Å². The molecule has 6 unspecified atom stereocenters. The second-order valence-electron chi connectivity index (χ2n) is 11.7. The molecule has 0 aromatic carbocycles. The van der Waals surface area contributed by atoms with Gasteiger partial charge in [0, 0.05) is 6.42 Å². The first kappa shape index (κ1) is 20.4. The van der Waals surface area contributed by atoms with Gasteiger partial charge in [-0.1, -0.05) is 66.0 Å². The van der Waals surface area contributed by atoms with E-state index in [4.69, 9.17) is 0 Å². The lowest BCUT2D eigenvalue weighted by Crippen LogP contribution is -2.49. The van der Waals surface area contributed by atoms with Crippen molar-refractivity contribution in [2.24, 2.45) is 46.3 Å². The molecule has 4 aliphatic rings. The Morgan fingerprint density at radius 2 is 1.82 bits per heavy atom. The largest absolute Gasteiger partial charge is 0.295 e. The summed E-state index contributed by atoms with van der Waals surface area (Å²) in [4.78, 5) is 12.0. The van der Waals surface area contributed by atoms with Crippen molar-refractivity contribution in [3.63, 3.8) is 0 Å².